The molecule has 0 saturated heterocycles. The molecule has 4 aromatic rings. The zero-order valence-corrected chi connectivity index (χ0v) is 17.1. The molecule has 2 aromatic heterocycles. The molecule has 31 heavy (non-hydrogen) atoms. The van der Waals surface area contributed by atoms with Gasteiger partial charge in [0.15, 0.2) is 5.82 Å². The number of carbonyl (C=O) groups excluding carboxylic acids is 1. The van der Waals surface area contributed by atoms with E-state index in [9.17, 15) is 4.79 Å². The van der Waals surface area contributed by atoms with E-state index in [-0.39, 0.29) is 5.91 Å². The van der Waals surface area contributed by atoms with Gasteiger partial charge in [0, 0.05) is 30.6 Å². The van der Waals surface area contributed by atoms with Crippen LogP contribution in [0.1, 0.15) is 12.0 Å². The lowest BCUT2D eigenvalue weighted by atomic mass is 10.1. The lowest BCUT2D eigenvalue weighted by molar-refractivity contribution is -0.116. The number of aromatic nitrogens is 3. The molecule has 0 aliphatic heterocycles. The van der Waals surface area contributed by atoms with Crippen LogP contribution in [0.2, 0.25) is 0 Å². The van der Waals surface area contributed by atoms with Crippen LogP contribution in [-0.2, 0) is 11.2 Å². The largest absolute Gasteiger partial charge is 0.497 e. The van der Waals surface area contributed by atoms with E-state index in [0.717, 1.165) is 11.3 Å². The third kappa shape index (κ3) is 5.48. The topological polar surface area (TPSA) is 78.3 Å². The number of ether oxygens (including phenoxy) is 2. The normalized spacial score (nSPS) is 10.5. The van der Waals surface area contributed by atoms with Crippen molar-refractivity contribution in [2.45, 2.75) is 12.8 Å². The zero-order valence-electron chi connectivity index (χ0n) is 17.1. The van der Waals surface area contributed by atoms with Crippen LogP contribution in [0.5, 0.6) is 17.4 Å². The van der Waals surface area contributed by atoms with Crippen molar-refractivity contribution < 1.29 is 14.3 Å². The van der Waals surface area contributed by atoms with E-state index in [1.54, 1.807) is 37.4 Å². The molecule has 2 heterocycles. The quantitative estimate of drug-likeness (QED) is 0.454. The van der Waals surface area contributed by atoms with Gasteiger partial charge in [-0.15, -0.1) is 10.2 Å². The van der Waals surface area contributed by atoms with E-state index in [1.165, 1.54) is 0 Å². The number of carbonyl (C=O) groups is 1. The minimum atomic E-state index is -0.0454. The Balaban J connectivity index is 1.28. The van der Waals surface area contributed by atoms with Gasteiger partial charge >= 0.3 is 0 Å². The second-order valence-corrected chi connectivity index (χ2v) is 6.84. The number of amides is 1. The predicted octanol–water partition coefficient (Wildman–Crippen LogP) is 4.64. The molecule has 0 aliphatic carbocycles. The van der Waals surface area contributed by atoms with Gasteiger partial charge in [-0.2, -0.15) is 0 Å². The Morgan fingerprint density at radius 3 is 2.26 bits per heavy atom. The van der Waals surface area contributed by atoms with Crippen LogP contribution >= 0.6 is 0 Å². The summed E-state index contributed by atoms with van der Waals surface area (Å²) < 4.78 is 12.7. The molecule has 7 heteroatoms. The second kappa shape index (κ2) is 9.58. The molecule has 0 atom stereocenters. The first-order valence-corrected chi connectivity index (χ1v) is 9.87. The number of hydrogen-bond donors (Lipinski definition) is 1. The minimum Gasteiger partial charge on any atom is -0.497 e. The van der Waals surface area contributed by atoms with Gasteiger partial charge in [-0.25, -0.2) is 0 Å². The van der Waals surface area contributed by atoms with Gasteiger partial charge in [-0.05, 0) is 66.6 Å². The number of hydrogen-bond acceptors (Lipinski definition) is 5. The summed E-state index contributed by atoms with van der Waals surface area (Å²) in [5.74, 6) is 2.48. The van der Waals surface area contributed by atoms with E-state index < -0.39 is 0 Å². The van der Waals surface area contributed by atoms with Gasteiger partial charge in [0.25, 0.3) is 0 Å². The fourth-order valence-corrected chi connectivity index (χ4v) is 2.99. The molecule has 7 nitrogen and oxygen atoms in total. The highest BCUT2D eigenvalue weighted by Gasteiger charge is 2.06. The molecule has 2 aromatic carbocycles. The number of nitrogens with zero attached hydrogens (tertiary/aromatic N) is 3. The summed E-state index contributed by atoms with van der Waals surface area (Å²) in [7, 11) is 1.63. The highest BCUT2D eigenvalue weighted by atomic mass is 16.5. The molecule has 156 valence electrons. The molecule has 0 aliphatic rings. The molecule has 1 N–H and O–H groups in total. The van der Waals surface area contributed by atoms with Crippen LogP contribution in [0.4, 0.5) is 5.69 Å². The first-order valence-electron chi connectivity index (χ1n) is 9.87. The van der Waals surface area contributed by atoms with Crippen LogP contribution in [-0.4, -0.2) is 27.8 Å². The second-order valence-electron chi connectivity index (χ2n) is 6.84. The lowest BCUT2D eigenvalue weighted by Gasteiger charge is -2.08. The van der Waals surface area contributed by atoms with E-state index in [4.69, 9.17) is 9.47 Å². The van der Waals surface area contributed by atoms with Gasteiger partial charge in [-0.3, -0.25) is 4.79 Å². The fraction of sp³-hybridized carbons (Fsp3) is 0.125. The molecule has 0 unspecified atom stereocenters. The molecular formula is C24H22N4O3. The van der Waals surface area contributed by atoms with E-state index >= 15 is 0 Å². The number of methoxy groups -OCH3 is 1. The van der Waals surface area contributed by atoms with Crippen molar-refractivity contribution in [2.24, 2.45) is 0 Å². The number of rotatable bonds is 8. The molecule has 4 rings (SSSR count). The van der Waals surface area contributed by atoms with Gasteiger partial charge in [-0.1, -0.05) is 12.1 Å². The molecule has 0 spiro atoms. The van der Waals surface area contributed by atoms with Gasteiger partial charge in [0.2, 0.25) is 11.8 Å². The van der Waals surface area contributed by atoms with Crippen molar-refractivity contribution >= 4 is 11.6 Å². The molecule has 1 amide bonds. The third-order valence-corrected chi connectivity index (χ3v) is 4.66. The van der Waals surface area contributed by atoms with Crippen molar-refractivity contribution in [3.8, 4) is 23.2 Å². The SMILES string of the molecule is COc1ccc(CCC(=O)Nc2ccc(Oc3ccc(-n4cccc4)nn3)cc2)cc1. The van der Waals surface area contributed by atoms with Crippen molar-refractivity contribution in [1.29, 1.82) is 0 Å². The third-order valence-electron chi connectivity index (χ3n) is 4.66. The highest BCUT2D eigenvalue weighted by molar-refractivity contribution is 5.90. The number of anilines is 1. The monoisotopic (exact) mass is 414 g/mol. The minimum absolute atomic E-state index is 0.0454. The zero-order chi connectivity index (χ0) is 21.5. The smallest absolute Gasteiger partial charge is 0.238 e. The Labute approximate surface area is 180 Å². The summed E-state index contributed by atoms with van der Waals surface area (Å²) in [6.45, 7) is 0. The van der Waals surface area contributed by atoms with Crippen molar-refractivity contribution in [2.75, 3.05) is 12.4 Å². The first kappa shape index (κ1) is 20.2. The molecule has 0 bridgehead atoms. The summed E-state index contributed by atoms with van der Waals surface area (Å²) in [6, 6.07) is 22.3. The molecular weight excluding hydrogens is 392 g/mol. The average Bonchev–Trinajstić information content (AvgIpc) is 3.35. The lowest BCUT2D eigenvalue weighted by Crippen LogP contribution is -2.12. The van der Waals surface area contributed by atoms with E-state index in [0.29, 0.717) is 36.0 Å². The van der Waals surface area contributed by atoms with Crippen LogP contribution < -0.4 is 14.8 Å². The van der Waals surface area contributed by atoms with Crippen LogP contribution in [0, 0.1) is 0 Å². The maximum absolute atomic E-state index is 12.2. The summed E-state index contributed by atoms with van der Waals surface area (Å²) >= 11 is 0. The Morgan fingerprint density at radius 2 is 1.61 bits per heavy atom. The summed E-state index contributed by atoms with van der Waals surface area (Å²) in [5.41, 5.74) is 1.80. The molecule has 0 radical (unpaired) electrons. The fourth-order valence-electron chi connectivity index (χ4n) is 2.99. The number of nitrogens with one attached hydrogen (secondary N) is 1. The van der Waals surface area contributed by atoms with Gasteiger partial charge in [0.1, 0.15) is 11.5 Å². The summed E-state index contributed by atoms with van der Waals surface area (Å²) in [6.07, 6.45) is 4.85. The van der Waals surface area contributed by atoms with Crippen LogP contribution in [0.25, 0.3) is 5.82 Å². The van der Waals surface area contributed by atoms with Gasteiger partial charge < -0.3 is 19.4 Å². The number of benzene rings is 2. The molecule has 0 fully saturated rings. The van der Waals surface area contributed by atoms with E-state index in [1.807, 2.05) is 59.4 Å². The highest BCUT2D eigenvalue weighted by Crippen LogP contribution is 2.22. The van der Waals surface area contributed by atoms with Crippen molar-refractivity contribution in [1.82, 2.24) is 14.8 Å². The Hall–Kier alpha value is -4.13. The Kier molecular flexibility index (Phi) is 6.23. The Bertz CT molecular complexity index is 1110. The van der Waals surface area contributed by atoms with Crippen molar-refractivity contribution in [3.05, 3.63) is 90.8 Å². The van der Waals surface area contributed by atoms with Gasteiger partial charge in [0.05, 0.1) is 7.11 Å². The van der Waals surface area contributed by atoms with Crippen molar-refractivity contribution in [3.63, 3.8) is 0 Å². The van der Waals surface area contributed by atoms with Crippen LogP contribution in [0.15, 0.2) is 85.2 Å². The first-order chi connectivity index (χ1) is 15.2. The standard InChI is InChI=1S/C24H22N4O3/c1-30-20-9-4-18(5-10-20)6-14-23(29)25-19-7-11-21(12-8-19)31-24-15-13-22(26-27-24)28-16-2-3-17-28/h2-5,7-13,15-17H,6,14H2,1H3,(H,25,29). The number of aryl methyl sites for hydroxylation is 1. The van der Waals surface area contributed by atoms with E-state index in [2.05, 4.69) is 15.5 Å². The summed E-state index contributed by atoms with van der Waals surface area (Å²) in [4.78, 5) is 12.2. The predicted molar refractivity (Wildman–Crippen MR) is 118 cm³/mol. The summed E-state index contributed by atoms with van der Waals surface area (Å²) in [5, 5.41) is 11.1. The Morgan fingerprint density at radius 1 is 0.903 bits per heavy atom. The molecule has 0 saturated carbocycles. The maximum atomic E-state index is 12.2. The maximum Gasteiger partial charge on any atom is 0.238 e. The van der Waals surface area contributed by atoms with Crippen LogP contribution in [0.3, 0.4) is 0 Å². The average molecular weight is 414 g/mol.